The molecule has 2 amide bonds. The first-order valence-corrected chi connectivity index (χ1v) is 9.28. The van der Waals surface area contributed by atoms with E-state index in [9.17, 15) is 4.79 Å². The molecule has 2 unspecified atom stereocenters. The Morgan fingerprint density at radius 3 is 2.96 bits per heavy atom. The molecule has 2 atom stereocenters. The van der Waals surface area contributed by atoms with E-state index in [1.165, 1.54) is 5.56 Å². The number of carbonyl (C=O) groups is 1. The third-order valence-electron chi connectivity index (χ3n) is 4.49. The summed E-state index contributed by atoms with van der Waals surface area (Å²) in [5.41, 5.74) is 2.22. The number of rotatable bonds is 5. The predicted molar refractivity (Wildman–Crippen MR) is 93.4 cm³/mol. The second-order valence-electron chi connectivity index (χ2n) is 6.55. The zero-order valence-corrected chi connectivity index (χ0v) is 14.4. The molecule has 2 aliphatic rings. The molecule has 24 heavy (non-hydrogen) atoms. The second kappa shape index (κ2) is 6.43. The molecule has 0 spiro atoms. The van der Waals surface area contributed by atoms with Crippen molar-refractivity contribution in [1.82, 2.24) is 15.6 Å². The quantitative estimate of drug-likeness (QED) is 0.876. The zero-order valence-electron chi connectivity index (χ0n) is 13.6. The van der Waals surface area contributed by atoms with Crippen molar-refractivity contribution in [2.75, 3.05) is 6.54 Å². The van der Waals surface area contributed by atoms with E-state index in [-0.39, 0.29) is 18.2 Å². The monoisotopic (exact) mass is 343 g/mol. The third-order valence-corrected chi connectivity index (χ3v) is 5.53. The van der Waals surface area contributed by atoms with Gasteiger partial charge in [0.1, 0.15) is 16.9 Å². The van der Waals surface area contributed by atoms with E-state index in [2.05, 4.69) is 21.7 Å². The van der Waals surface area contributed by atoms with Gasteiger partial charge in [-0.05, 0) is 37.3 Å². The van der Waals surface area contributed by atoms with Gasteiger partial charge in [-0.2, -0.15) is 0 Å². The molecule has 1 aliphatic carbocycles. The maximum atomic E-state index is 12.3. The number of nitrogens with zero attached hydrogens (tertiary/aromatic N) is 1. The summed E-state index contributed by atoms with van der Waals surface area (Å²) in [7, 11) is 0. The lowest BCUT2D eigenvalue weighted by Crippen LogP contribution is -2.42. The molecule has 126 valence electrons. The van der Waals surface area contributed by atoms with Crippen molar-refractivity contribution in [3.63, 3.8) is 0 Å². The fraction of sp³-hybridized carbons (Fsp3) is 0.444. The summed E-state index contributed by atoms with van der Waals surface area (Å²) in [6, 6.07) is 7.93. The van der Waals surface area contributed by atoms with Gasteiger partial charge in [0.2, 0.25) is 0 Å². The molecule has 4 rings (SSSR count). The topological polar surface area (TPSA) is 63.2 Å². The van der Waals surface area contributed by atoms with Gasteiger partial charge in [0.05, 0.1) is 12.6 Å². The molecule has 1 saturated carbocycles. The number of thiazole rings is 1. The van der Waals surface area contributed by atoms with Crippen LogP contribution in [0.3, 0.4) is 0 Å². The number of fused-ring (bicyclic) bond motifs is 1. The van der Waals surface area contributed by atoms with Gasteiger partial charge in [0.15, 0.2) is 0 Å². The van der Waals surface area contributed by atoms with Gasteiger partial charge < -0.3 is 15.4 Å². The van der Waals surface area contributed by atoms with Crippen LogP contribution in [0.5, 0.6) is 5.75 Å². The molecule has 0 radical (unpaired) electrons. The number of carbonyl (C=O) groups excluding carboxylic acids is 1. The number of benzene rings is 1. The van der Waals surface area contributed by atoms with Gasteiger partial charge in [-0.15, -0.1) is 11.3 Å². The van der Waals surface area contributed by atoms with Gasteiger partial charge in [-0.25, -0.2) is 9.78 Å². The Morgan fingerprint density at radius 2 is 2.25 bits per heavy atom. The van der Waals surface area contributed by atoms with E-state index in [0.717, 1.165) is 35.7 Å². The Bertz CT molecular complexity index is 716. The number of para-hydroxylation sites is 1. The highest BCUT2D eigenvalue weighted by atomic mass is 32.1. The van der Waals surface area contributed by atoms with E-state index in [0.29, 0.717) is 12.5 Å². The van der Waals surface area contributed by atoms with E-state index >= 15 is 0 Å². The molecule has 2 aromatic rings. The van der Waals surface area contributed by atoms with Crippen LogP contribution in [0.2, 0.25) is 0 Å². The first kappa shape index (κ1) is 15.4. The molecular formula is C18H21N3O2S. The van der Waals surface area contributed by atoms with E-state index < -0.39 is 0 Å². The van der Waals surface area contributed by atoms with Crippen molar-refractivity contribution in [1.29, 1.82) is 0 Å². The lowest BCUT2D eigenvalue weighted by molar-refractivity contribution is 0.211. The molecule has 2 N–H and O–H groups in total. The molecule has 1 aromatic heterocycles. The highest BCUT2D eigenvalue weighted by Crippen LogP contribution is 2.41. The van der Waals surface area contributed by atoms with Crippen molar-refractivity contribution in [3.8, 4) is 5.75 Å². The van der Waals surface area contributed by atoms with Crippen LogP contribution in [0.1, 0.15) is 35.1 Å². The number of amides is 2. The molecule has 1 fully saturated rings. The fourth-order valence-corrected chi connectivity index (χ4v) is 4.03. The fourth-order valence-electron chi connectivity index (χ4n) is 3.09. The molecule has 5 nitrogen and oxygen atoms in total. The Labute approximate surface area is 145 Å². The molecule has 2 heterocycles. The van der Waals surface area contributed by atoms with E-state index in [1.807, 2.05) is 30.5 Å². The molecule has 6 heteroatoms. The average Bonchev–Trinajstić information content (AvgIpc) is 3.19. The molecule has 0 saturated heterocycles. The van der Waals surface area contributed by atoms with Gasteiger partial charge >= 0.3 is 6.03 Å². The number of hydrogen-bond acceptors (Lipinski definition) is 4. The Balaban J connectivity index is 1.30. The number of ether oxygens (including phenoxy) is 1. The van der Waals surface area contributed by atoms with Crippen LogP contribution in [0.25, 0.3) is 0 Å². The molecule has 0 bridgehead atoms. The number of aromatic nitrogens is 1. The van der Waals surface area contributed by atoms with Crippen LogP contribution in [0, 0.1) is 12.8 Å². The van der Waals surface area contributed by atoms with Gasteiger partial charge in [-0.1, -0.05) is 18.2 Å². The maximum Gasteiger partial charge on any atom is 0.315 e. The smallest absolute Gasteiger partial charge is 0.315 e. The molecular weight excluding hydrogens is 322 g/mol. The van der Waals surface area contributed by atoms with Gasteiger partial charge in [0.25, 0.3) is 0 Å². The average molecular weight is 343 g/mol. The van der Waals surface area contributed by atoms with Crippen molar-refractivity contribution < 1.29 is 9.53 Å². The lowest BCUT2D eigenvalue weighted by Gasteiger charge is -2.18. The minimum Gasteiger partial charge on any atom is -0.488 e. The normalized spacial score (nSPS) is 20.1. The van der Waals surface area contributed by atoms with Crippen molar-refractivity contribution in [3.05, 3.63) is 45.9 Å². The minimum absolute atomic E-state index is 0.00892. The van der Waals surface area contributed by atoms with Crippen LogP contribution < -0.4 is 15.4 Å². The van der Waals surface area contributed by atoms with Crippen LogP contribution in [-0.4, -0.2) is 23.7 Å². The van der Waals surface area contributed by atoms with Crippen LogP contribution in [0.15, 0.2) is 29.6 Å². The third kappa shape index (κ3) is 3.38. The zero-order chi connectivity index (χ0) is 16.5. The summed E-state index contributed by atoms with van der Waals surface area (Å²) in [5, 5.41) is 9.09. The lowest BCUT2D eigenvalue weighted by atomic mass is 10.1. The summed E-state index contributed by atoms with van der Waals surface area (Å²) < 4.78 is 5.86. The number of nitrogens with one attached hydrogen (secondary N) is 2. The number of urea groups is 1. The minimum atomic E-state index is -0.140. The molecule has 1 aromatic carbocycles. The second-order valence-corrected chi connectivity index (χ2v) is 7.44. The van der Waals surface area contributed by atoms with Gasteiger partial charge in [0, 0.05) is 17.5 Å². The SMILES string of the molecule is Cc1csc(C(NC(=O)NCC2Cc3ccccc3O2)C2CC2)n1. The van der Waals surface area contributed by atoms with Gasteiger partial charge in [-0.3, -0.25) is 0 Å². The summed E-state index contributed by atoms with van der Waals surface area (Å²) >= 11 is 1.62. The van der Waals surface area contributed by atoms with Crippen LogP contribution >= 0.6 is 11.3 Å². The van der Waals surface area contributed by atoms with Crippen LogP contribution in [-0.2, 0) is 6.42 Å². The first-order chi connectivity index (χ1) is 11.7. The number of hydrogen-bond donors (Lipinski definition) is 2. The highest BCUT2D eigenvalue weighted by Gasteiger charge is 2.35. The van der Waals surface area contributed by atoms with Crippen molar-refractivity contribution in [2.45, 2.75) is 38.3 Å². The highest BCUT2D eigenvalue weighted by molar-refractivity contribution is 7.09. The maximum absolute atomic E-state index is 12.3. The summed E-state index contributed by atoms with van der Waals surface area (Å²) in [4.78, 5) is 16.8. The van der Waals surface area contributed by atoms with Crippen molar-refractivity contribution >= 4 is 17.4 Å². The van der Waals surface area contributed by atoms with Crippen molar-refractivity contribution in [2.24, 2.45) is 5.92 Å². The summed E-state index contributed by atoms with van der Waals surface area (Å²) in [5.74, 6) is 1.45. The Morgan fingerprint density at radius 1 is 1.42 bits per heavy atom. The summed E-state index contributed by atoms with van der Waals surface area (Å²) in [6.45, 7) is 2.49. The molecule has 1 aliphatic heterocycles. The van der Waals surface area contributed by atoms with Crippen LogP contribution in [0.4, 0.5) is 4.79 Å². The standard InChI is InChI=1S/C18H21N3O2S/c1-11-10-24-17(20-11)16(12-6-7-12)21-18(22)19-9-14-8-13-4-2-3-5-15(13)23-14/h2-5,10,12,14,16H,6-9H2,1H3,(H2,19,21,22). The largest absolute Gasteiger partial charge is 0.488 e. The number of aryl methyl sites for hydroxylation is 1. The summed E-state index contributed by atoms with van der Waals surface area (Å²) in [6.07, 6.45) is 3.17. The first-order valence-electron chi connectivity index (χ1n) is 8.40. The Kier molecular flexibility index (Phi) is 4.14. The van der Waals surface area contributed by atoms with E-state index in [4.69, 9.17) is 4.74 Å². The Hall–Kier alpha value is -2.08. The van der Waals surface area contributed by atoms with E-state index in [1.54, 1.807) is 11.3 Å². The predicted octanol–water partition coefficient (Wildman–Crippen LogP) is 3.21.